The number of nitrogens with zero attached hydrogens (tertiary/aromatic N) is 1. The SMILES string of the molecule is Cc1ccc(CN2C(=O)CC[C@H]2CCNCc2cc3c(cc2Cl)OCO3)cc1. The highest BCUT2D eigenvalue weighted by Crippen LogP contribution is 2.36. The first-order valence-corrected chi connectivity index (χ1v) is 10.1. The van der Waals surface area contributed by atoms with Crippen molar-refractivity contribution in [3.8, 4) is 11.5 Å². The van der Waals surface area contributed by atoms with Crippen molar-refractivity contribution >= 4 is 17.5 Å². The lowest BCUT2D eigenvalue weighted by molar-refractivity contribution is -0.129. The van der Waals surface area contributed by atoms with Crippen molar-refractivity contribution in [1.29, 1.82) is 0 Å². The second-order valence-electron chi connectivity index (χ2n) is 7.46. The fraction of sp³-hybridized carbons (Fsp3) is 0.409. The average molecular weight is 401 g/mol. The van der Waals surface area contributed by atoms with Crippen molar-refractivity contribution in [3.05, 3.63) is 58.1 Å². The summed E-state index contributed by atoms with van der Waals surface area (Å²) in [5.41, 5.74) is 3.41. The van der Waals surface area contributed by atoms with Crippen LogP contribution < -0.4 is 14.8 Å². The molecule has 0 radical (unpaired) electrons. The molecule has 6 heteroatoms. The van der Waals surface area contributed by atoms with Crippen molar-refractivity contribution in [2.45, 2.75) is 45.3 Å². The Balaban J connectivity index is 1.29. The van der Waals surface area contributed by atoms with Gasteiger partial charge in [0.1, 0.15) is 0 Å². The van der Waals surface area contributed by atoms with E-state index in [0.29, 0.717) is 30.3 Å². The smallest absolute Gasteiger partial charge is 0.231 e. The molecule has 4 rings (SSSR count). The maximum absolute atomic E-state index is 12.3. The highest BCUT2D eigenvalue weighted by Gasteiger charge is 2.30. The normalized spacial score (nSPS) is 18.1. The van der Waals surface area contributed by atoms with Gasteiger partial charge in [-0.15, -0.1) is 0 Å². The molecule has 2 aliphatic heterocycles. The number of carbonyl (C=O) groups excluding carboxylic acids is 1. The van der Waals surface area contributed by atoms with E-state index in [0.717, 1.165) is 30.7 Å². The van der Waals surface area contributed by atoms with Gasteiger partial charge in [-0.25, -0.2) is 0 Å². The van der Waals surface area contributed by atoms with Crippen molar-refractivity contribution in [1.82, 2.24) is 10.2 Å². The minimum atomic E-state index is 0.245. The number of nitrogens with one attached hydrogen (secondary N) is 1. The lowest BCUT2D eigenvalue weighted by Crippen LogP contribution is -2.34. The quantitative estimate of drug-likeness (QED) is 0.712. The number of halogens is 1. The van der Waals surface area contributed by atoms with E-state index in [1.807, 2.05) is 11.0 Å². The van der Waals surface area contributed by atoms with Gasteiger partial charge in [0.25, 0.3) is 0 Å². The van der Waals surface area contributed by atoms with Crippen LogP contribution in [-0.4, -0.2) is 30.2 Å². The summed E-state index contributed by atoms with van der Waals surface area (Å²) in [5, 5.41) is 4.12. The molecule has 1 N–H and O–H groups in total. The van der Waals surface area contributed by atoms with Crippen molar-refractivity contribution in [2.75, 3.05) is 13.3 Å². The molecule has 2 heterocycles. The largest absolute Gasteiger partial charge is 0.454 e. The summed E-state index contributed by atoms with van der Waals surface area (Å²) in [6, 6.07) is 12.4. The maximum atomic E-state index is 12.3. The molecule has 0 aromatic heterocycles. The Labute approximate surface area is 170 Å². The number of benzene rings is 2. The molecule has 0 saturated carbocycles. The third kappa shape index (κ3) is 4.26. The Kier molecular flexibility index (Phi) is 5.74. The molecule has 1 atom stereocenters. The van der Waals surface area contributed by atoms with Crippen LogP contribution in [0.15, 0.2) is 36.4 Å². The van der Waals surface area contributed by atoms with Crippen molar-refractivity contribution in [2.24, 2.45) is 0 Å². The zero-order valence-electron chi connectivity index (χ0n) is 16.0. The monoisotopic (exact) mass is 400 g/mol. The van der Waals surface area contributed by atoms with E-state index in [1.165, 1.54) is 11.1 Å². The zero-order valence-corrected chi connectivity index (χ0v) is 16.8. The summed E-state index contributed by atoms with van der Waals surface area (Å²) in [5.74, 6) is 1.70. The Morgan fingerprint density at radius 3 is 2.71 bits per heavy atom. The lowest BCUT2D eigenvalue weighted by atomic mass is 10.1. The van der Waals surface area contributed by atoms with Crippen LogP contribution in [0.1, 0.15) is 36.0 Å². The Bertz CT molecular complexity index is 854. The molecule has 0 unspecified atom stereocenters. The fourth-order valence-electron chi connectivity index (χ4n) is 3.79. The van der Waals surface area contributed by atoms with Gasteiger partial charge in [-0.1, -0.05) is 41.4 Å². The van der Waals surface area contributed by atoms with Crippen molar-refractivity contribution < 1.29 is 14.3 Å². The molecule has 1 fully saturated rings. The first kappa shape index (κ1) is 19.1. The minimum absolute atomic E-state index is 0.245. The van der Waals surface area contributed by atoms with Gasteiger partial charge in [0.05, 0.1) is 0 Å². The molecule has 2 aromatic carbocycles. The number of hydrogen-bond donors (Lipinski definition) is 1. The van der Waals surface area contributed by atoms with E-state index in [-0.39, 0.29) is 18.7 Å². The number of likely N-dealkylation sites (tertiary alicyclic amines) is 1. The third-order valence-corrected chi connectivity index (χ3v) is 5.79. The van der Waals surface area contributed by atoms with Gasteiger partial charge in [-0.2, -0.15) is 0 Å². The number of aryl methyl sites for hydroxylation is 1. The Morgan fingerprint density at radius 2 is 1.93 bits per heavy atom. The predicted octanol–water partition coefficient (Wildman–Crippen LogP) is 4.05. The number of fused-ring (bicyclic) bond motifs is 1. The molecule has 2 aromatic rings. The first-order valence-electron chi connectivity index (χ1n) is 9.74. The maximum Gasteiger partial charge on any atom is 0.231 e. The van der Waals surface area contributed by atoms with Gasteiger partial charge in [0, 0.05) is 36.6 Å². The average Bonchev–Trinajstić information content (AvgIpc) is 3.27. The molecule has 0 spiro atoms. The number of ether oxygens (including phenoxy) is 2. The minimum Gasteiger partial charge on any atom is -0.454 e. The summed E-state index contributed by atoms with van der Waals surface area (Å²) >= 11 is 6.33. The van der Waals surface area contributed by atoms with Gasteiger partial charge in [-0.05, 0) is 43.5 Å². The van der Waals surface area contributed by atoms with Crippen LogP contribution in [0.2, 0.25) is 5.02 Å². The number of amides is 1. The molecule has 1 amide bonds. The van der Waals surface area contributed by atoms with Gasteiger partial charge in [-0.3, -0.25) is 4.79 Å². The van der Waals surface area contributed by atoms with Crippen LogP contribution in [0, 0.1) is 6.92 Å². The highest BCUT2D eigenvalue weighted by atomic mass is 35.5. The Hall–Kier alpha value is -2.24. The first-order chi connectivity index (χ1) is 13.6. The molecule has 1 saturated heterocycles. The zero-order chi connectivity index (χ0) is 19.5. The van der Waals surface area contributed by atoms with E-state index in [9.17, 15) is 4.79 Å². The Morgan fingerprint density at radius 1 is 1.18 bits per heavy atom. The summed E-state index contributed by atoms with van der Waals surface area (Å²) in [7, 11) is 0. The molecule has 148 valence electrons. The topological polar surface area (TPSA) is 50.8 Å². The van der Waals surface area contributed by atoms with Crippen LogP contribution in [-0.2, 0) is 17.9 Å². The fourth-order valence-corrected chi connectivity index (χ4v) is 4.01. The standard InChI is InChI=1S/C22H25ClN2O3/c1-15-2-4-16(5-3-15)13-25-18(6-7-22(25)26)8-9-24-12-17-10-20-21(11-19(17)23)28-14-27-20/h2-5,10-11,18,24H,6-9,12-14H2,1H3/t18-/m0/s1. The molecule has 0 aliphatic carbocycles. The number of hydrogen-bond acceptors (Lipinski definition) is 4. The lowest BCUT2D eigenvalue weighted by Gasteiger charge is -2.25. The van der Waals surface area contributed by atoms with Crippen LogP contribution in [0.5, 0.6) is 11.5 Å². The summed E-state index contributed by atoms with van der Waals surface area (Å²) < 4.78 is 10.8. The van der Waals surface area contributed by atoms with Crippen LogP contribution in [0.3, 0.4) is 0 Å². The van der Waals surface area contributed by atoms with Crippen LogP contribution >= 0.6 is 11.6 Å². The van der Waals surface area contributed by atoms with Crippen molar-refractivity contribution in [3.63, 3.8) is 0 Å². The van der Waals surface area contributed by atoms with Gasteiger partial charge in [0.15, 0.2) is 11.5 Å². The molecular formula is C22H25ClN2O3. The van der Waals surface area contributed by atoms with E-state index in [2.05, 4.69) is 36.5 Å². The summed E-state index contributed by atoms with van der Waals surface area (Å²) in [6.45, 7) is 4.50. The molecule has 2 aliphatic rings. The summed E-state index contributed by atoms with van der Waals surface area (Å²) in [6.07, 6.45) is 2.50. The van der Waals surface area contributed by atoms with E-state index >= 15 is 0 Å². The van der Waals surface area contributed by atoms with Crippen LogP contribution in [0.4, 0.5) is 0 Å². The second-order valence-corrected chi connectivity index (χ2v) is 7.87. The second kappa shape index (κ2) is 8.41. The summed E-state index contributed by atoms with van der Waals surface area (Å²) in [4.78, 5) is 14.4. The molecule has 28 heavy (non-hydrogen) atoms. The molecule has 0 bridgehead atoms. The van der Waals surface area contributed by atoms with Gasteiger partial charge in [0.2, 0.25) is 12.7 Å². The molecule has 5 nitrogen and oxygen atoms in total. The molecular weight excluding hydrogens is 376 g/mol. The highest BCUT2D eigenvalue weighted by molar-refractivity contribution is 6.31. The predicted molar refractivity (Wildman–Crippen MR) is 109 cm³/mol. The number of rotatable bonds is 7. The number of carbonyl (C=O) groups is 1. The van der Waals surface area contributed by atoms with Gasteiger partial charge >= 0.3 is 0 Å². The van der Waals surface area contributed by atoms with E-state index in [1.54, 1.807) is 6.07 Å². The van der Waals surface area contributed by atoms with E-state index in [4.69, 9.17) is 21.1 Å². The third-order valence-electron chi connectivity index (χ3n) is 5.44. The van der Waals surface area contributed by atoms with E-state index < -0.39 is 0 Å². The van der Waals surface area contributed by atoms with Crippen LogP contribution in [0.25, 0.3) is 0 Å². The van der Waals surface area contributed by atoms with Gasteiger partial charge < -0.3 is 19.7 Å².